The summed E-state index contributed by atoms with van der Waals surface area (Å²) in [6.07, 6.45) is 8.43. The third kappa shape index (κ3) is 5.91. The summed E-state index contributed by atoms with van der Waals surface area (Å²) >= 11 is 0. The molecule has 0 radical (unpaired) electrons. The van der Waals surface area contributed by atoms with Gasteiger partial charge in [-0.2, -0.15) is 0 Å². The number of pyridine rings is 1. The molecule has 0 bridgehead atoms. The van der Waals surface area contributed by atoms with E-state index in [0.29, 0.717) is 6.04 Å². The van der Waals surface area contributed by atoms with Crippen molar-refractivity contribution in [2.45, 2.75) is 57.3 Å². The molecule has 1 aliphatic carbocycles. The van der Waals surface area contributed by atoms with Crippen LogP contribution in [0.1, 0.15) is 44.1 Å². The summed E-state index contributed by atoms with van der Waals surface area (Å²) in [5, 5.41) is 3.15. The van der Waals surface area contributed by atoms with E-state index in [2.05, 4.69) is 20.1 Å². The van der Waals surface area contributed by atoms with Crippen molar-refractivity contribution in [1.29, 1.82) is 0 Å². The standard InChI is InChI=1S/C24H38N4O4/c1-30-23(31-2)17-22(29)26-19-5-3-18(4-6-19)8-11-27-12-14-28(15-13-27)24-20-9-16-32-21(20)7-10-25-24/h7,10,18-19,23H,3-6,8-9,11-17H2,1-2H3,(H,26,29)/t18-,19-. The number of piperazine rings is 1. The molecule has 178 valence electrons. The third-order valence-corrected chi connectivity index (χ3v) is 7.21. The molecular formula is C24H38N4O4. The second kappa shape index (κ2) is 11.3. The van der Waals surface area contributed by atoms with Crippen LogP contribution in [0.5, 0.6) is 5.75 Å². The maximum absolute atomic E-state index is 12.2. The van der Waals surface area contributed by atoms with E-state index in [4.69, 9.17) is 14.2 Å². The first-order valence-electron chi connectivity index (χ1n) is 12.1. The Labute approximate surface area is 191 Å². The minimum Gasteiger partial charge on any atom is -0.493 e. The van der Waals surface area contributed by atoms with Crippen LogP contribution in [0, 0.1) is 5.92 Å². The molecule has 1 saturated heterocycles. The summed E-state index contributed by atoms with van der Waals surface area (Å²) in [5.41, 5.74) is 1.28. The van der Waals surface area contributed by atoms with E-state index in [1.54, 1.807) is 14.2 Å². The Morgan fingerprint density at radius 3 is 2.66 bits per heavy atom. The molecule has 3 heterocycles. The molecule has 3 aliphatic rings. The van der Waals surface area contributed by atoms with Crippen LogP contribution >= 0.6 is 0 Å². The van der Waals surface area contributed by atoms with Crippen molar-refractivity contribution in [2.24, 2.45) is 5.92 Å². The fraction of sp³-hybridized carbons (Fsp3) is 0.750. The van der Waals surface area contributed by atoms with Gasteiger partial charge in [-0.3, -0.25) is 9.69 Å². The highest BCUT2D eigenvalue weighted by Gasteiger charge is 2.26. The van der Waals surface area contributed by atoms with E-state index >= 15 is 0 Å². The molecule has 1 saturated carbocycles. The second-order valence-electron chi connectivity index (χ2n) is 9.22. The number of amides is 1. The molecule has 4 rings (SSSR count). The number of ether oxygens (including phenoxy) is 3. The van der Waals surface area contributed by atoms with Crippen LogP contribution in [0.4, 0.5) is 5.82 Å². The average molecular weight is 447 g/mol. The molecule has 2 fully saturated rings. The van der Waals surface area contributed by atoms with Crippen LogP contribution in [0.2, 0.25) is 0 Å². The lowest BCUT2D eigenvalue weighted by atomic mass is 9.84. The van der Waals surface area contributed by atoms with Crippen LogP contribution in [0.15, 0.2) is 12.3 Å². The van der Waals surface area contributed by atoms with Gasteiger partial charge in [0.05, 0.1) is 13.0 Å². The first kappa shape index (κ1) is 23.3. The zero-order valence-electron chi connectivity index (χ0n) is 19.6. The Bertz CT molecular complexity index is 742. The second-order valence-corrected chi connectivity index (χ2v) is 9.22. The van der Waals surface area contributed by atoms with Gasteiger partial charge in [0.1, 0.15) is 11.6 Å². The normalized spacial score (nSPS) is 23.8. The molecule has 0 aromatic carbocycles. The Hall–Kier alpha value is -1.90. The fourth-order valence-corrected chi connectivity index (χ4v) is 5.21. The molecule has 1 aromatic rings. The molecule has 8 nitrogen and oxygen atoms in total. The first-order chi connectivity index (χ1) is 15.7. The van der Waals surface area contributed by atoms with Crippen molar-refractivity contribution in [3.63, 3.8) is 0 Å². The monoisotopic (exact) mass is 446 g/mol. The summed E-state index contributed by atoms with van der Waals surface area (Å²) in [6.45, 7) is 6.21. The lowest BCUT2D eigenvalue weighted by Crippen LogP contribution is -2.47. The number of hydrogen-bond acceptors (Lipinski definition) is 7. The quantitative estimate of drug-likeness (QED) is 0.583. The average Bonchev–Trinajstić information content (AvgIpc) is 3.31. The Morgan fingerprint density at radius 1 is 1.19 bits per heavy atom. The van der Waals surface area contributed by atoms with Crippen LogP contribution in [-0.4, -0.2) is 81.7 Å². The predicted molar refractivity (Wildman–Crippen MR) is 123 cm³/mol. The van der Waals surface area contributed by atoms with Gasteiger partial charge in [0.25, 0.3) is 0 Å². The summed E-state index contributed by atoms with van der Waals surface area (Å²) in [6, 6.07) is 2.28. The Balaban J connectivity index is 1.13. The predicted octanol–water partition coefficient (Wildman–Crippen LogP) is 2.21. The summed E-state index contributed by atoms with van der Waals surface area (Å²) < 4.78 is 15.9. The maximum Gasteiger partial charge on any atom is 0.225 e. The van der Waals surface area contributed by atoms with Crippen molar-refractivity contribution in [3.8, 4) is 5.75 Å². The van der Waals surface area contributed by atoms with Gasteiger partial charge >= 0.3 is 0 Å². The molecular weight excluding hydrogens is 408 g/mol. The molecule has 1 aromatic heterocycles. The molecule has 1 amide bonds. The van der Waals surface area contributed by atoms with Gasteiger partial charge in [-0.15, -0.1) is 0 Å². The largest absolute Gasteiger partial charge is 0.493 e. The minimum absolute atomic E-state index is 0.0186. The zero-order chi connectivity index (χ0) is 22.3. The van der Waals surface area contributed by atoms with Crippen molar-refractivity contribution in [1.82, 2.24) is 15.2 Å². The van der Waals surface area contributed by atoms with Crippen LogP contribution < -0.4 is 15.0 Å². The van der Waals surface area contributed by atoms with Gasteiger partial charge < -0.3 is 24.4 Å². The highest BCUT2D eigenvalue weighted by molar-refractivity contribution is 5.76. The molecule has 2 aliphatic heterocycles. The number of nitrogens with zero attached hydrogens (tertiary/aromatic N) is 3. The molecule has 0 atom stereocenters. The van der Waals surface area contributed by atoms with Crippen molar-refractivity contribution in [2.75, 3.05) is 58.5 Å². The zero-order valence-corrected chi connectivity index (χ0v) is 19.6. The summed E-state index contributed by atoms with van der Waals surface area (Å²) in [5.74, 6) is 2.93. The fourth-order valence-electron chi connectivity index (χ4n) is 5.21. The van der Waals surface area contributed by atoms with E-state index in [-0.39, 0.29) is 12.3 Å². The van der Waals surface area contributed by atoms with Gasteiger partial charge in [-0.05, 0) is 50.6 Å². The van der Waals surface area contributed by atoms with Crippen molar-refractivity contribution in [3.05, 3.63) is 17.8 Å². The number of fused-ring (bicyclic) bond motifs is 1. The van der Waals surface area contributed by atoms with Crippen molar-refractivity contribution >= 4 is 11.7 Å². The third-order valence-electron chi connectivity index (χ3n) is 7.21. The number of methoxy groups -OCH3 is 2. The van der Waals surface area contributed by atoms with Crippen LogP contribution in [0.3, 0.4) is 0 Å². The number of hydrogen-bond donors (Lipinski definition) is 1. The van der Waals surface area contributed by atoms with Gasteiger partial charge in [0.15, 0.2) is 6.29 Å². The molecule has 0 spiro atoms. The lowest BCUT2D eigenvalue weighted by molar-refractivity contribution is -0.140. The number of rotatable bonds is 9. The van der Waals surface area contributed by atoms with Gasteiger partial charge in [-0.1, -0.05) is 0 Å². The van der Waals surface area contributed by atoms with Gasteiger partial charge in [0, 0.05) is 64.6 Å². The number of anilines is 1. The van der Waals surface area contributed by atoms with Crippen LogP contribution in [-0.2, 0) is 20.7 Å². The topological polar surface area (TPSA) is 76.2 Å². The van der Waals surface area contributed by atoms with Gasteiger partial charge in [-0.25, -0.2) is 4.98 Å². The van der Waals surface area contributed by atoms with Crippen LogP contribution in [0.25, 0.3) is 0 Å². The summed E-state index contributed by atoms with van der Waals surface area (Å²) in [4.78, 5) is 21.8. The molecule has 8 heteroatoms. The van der Waals surface area contributed by atoms with E-state index in [1.165, 1.54) is 31.4 Å². The maximum atomic E-state index is 12.2. The smallest absolute Gasteiger partial charge is 0.225 e. The van der Waals surface area contributed by atoms with Crippen molar-refractivity contribution < 1.29 is 19.0 Å². The first-order valence-corrected chi connectivity index (χ1v) is 12.1. The number of nitrogens with one attached hydrogen (secondary N) is 1. The molecule has 0 unspecified atom stereocenters. The SMILES string of the molecule is COC(CC(=O)N[C@H]1CC[C@H](CCN2CCN(c3nccc4c3CCO4)CC2)CC1)OC. The number of carbonyl (C=O) groups is 1. The number of carbonyl (C=O) groups excluding carboxylic acids is 1. The highest BCUT2D eigenvalue weighted by Crippen LogP contribution is 2.32. The minimum atomic E-state index is -0.460. The van der Waals surface area contributed by atoms with E-state index < -0.39 is 6.29 Å². The highest BCUT2D eigenvalue weighted by atomic mass is 16.7. The number of aromatic nitrogens is 1. The van der Waals surface area contributed by atoms with E-state index in [9.17, 15) is 4.79 Å². The molecule has 32 heavy (non-hydrogen) atoms. The Kier molecular flexibility index (Phi) is 8.21. The summed E-state index contributed by atoms with van der Waals surface area (Å²) in [7, 11) is 3.12. The molecule has 1 N–H and O–H groups in total. The Morgan fingerprint density at radius 2 is 1.94 bits per heavy atom. The van der Waals surface area contributed by atoms with Gasteiger partial charge in [0.2, 0.25) is 5.91 Å². The van der Waals surface area contributed by atoms with E-state index in [0.717, 1.165) is 69.5 Å². The lowest BCUT2D eigenvalue weighted by Gasteiger charge is -2.37. The van der Waals surface area contributed by atoms with E-state index in [1.807, 2.05) is 12.3 Å².